The van der Waals surface area contributed by atoms with Gasteiger partial charge >= 0.3 is 6.11 Å². The monoisotopic (exact) mass is 436 g/mol. The van der Waals surface area contributed by atoms with E-state index in [9.17, 15) is 26.3 Å². The van der Waals surface area contributed by atoms with Gasteiger partial charge in [-0.2, -0.15) is 17.6 Å². The molecular formula is C24H18F6O. The number of alkyl halides is 2. The SMILES string of the molecule is CCCc1ccc(-c2ccc(-c3cc(F)c(OC(F)(F)C=C(F)F)c(F)c3)cc2)cc1. The largest absolute Gasteiger partial charge is 0.425 e. The van der Waals surface area contributed by atoms with Crippen LogP contribution in [-0.4, -0.2) is 6.11 Å². The molecule has 0 saturated carbocycles. The summed E-state index contributed by atoms with van der Waals surface area (Å²) in [6, 6.07) is 16.5. The Kier molecular flexibility index (Phi) is 6.73. The summed E-state index contributed by atoms with van der Waals surface area (Å²) in [6.07, 6.45) is -6.08. The van der Waals surface area contributed by atoms with E-state index in [2.05, 4.69) is 11.7 Å². The normalized spacial score (nSPS) is 11.3. The van der Waals surface area contributed by atoms with Crippen LogP contribution in [0.2, 0.25) is 0 Å². The Morgan fingerprint density at radius 3 is 1.71 bits per heavy atom. The molecule has 162 valence electrons. The molecule has 0 aliphatic rings. The van der Waals surface area contributed by atoms with Crippen LogP contribution in [0.3, 0.4) is 0 Å². The third-order valence-corrected chi connectivity index (χ3v) is 4.56. The van der Waals surface area contributed by atoms with Gasteiger partial charge in [0.1, 0.15) is 0 Å². The fourth-order valence-corrected chi connectivity index (χ4v) is 3.12. The zero-order valence-corrected chi connectivity index (χ0v) is 16.4. The number of halogens is 6. The topological polar surface area (TPSA) is 9.23 Å². The molecule has 0 heterocycles. The van der Waals surface area contributed by atoms with Crippen molar-refractivity contribution in [2.24, 2.45) is 0 Å². The van der Waals surface area contributed by atoms with E-state index in [0.717, 1.165) is 36.1 Å². The lowest BCUT2D eigenvalue weighted by molar-refractivity contribution is -0.137. The first-order chi connectivity index (χ1) is 14.7. The van der Waals surface area contributed by atoms with E-state index in [0.29, 0.717) is 5.56 Å². The van der Waals surface area contributed by atoms with Crippen molar-refractivity contribution < 1.29 is 31.1 Å². The number of hydrogen-bond donors (Lipinski definition) is 0. The number of aryl methyl sites for hydroxylation is 1. The van der Waals surface area contributed by atoms with Crippen LogP contribution < -0.4 is 4.74 Å². The molecule has 0 aromatic heterocycles. The molecule has 0 fully saturated rings. The average Bonchev–Trinajstić information content (AvgIpc) is 2.71. The van der Waals surface area contributed by atoms with E-state index >= 15 is 0 Å². The van der Waals surface area contributed by atoms with Gasteiger partial charge in [0, 0.05) is 0 Å². The number of hydrogen-bond acceptors (Lipinski definition) is 1. The first-order valence-electron chi connectivity index (χ1n) is 9.48. The molecule has 0 aliphatic carbocycles. The van der Waals surface area contributed by atoms with Crippen LogP contribution in [0.15, 0.2) is 72.8 Å². The summed E-state index contributed by atoms with van der Waals surface area (Å²) >= 11 is 0. The first-order valence-corrected chi connectivity index (χ1v) is 9.48. The molecule has 31 heavy (non-hydrogen) atoms. The third-order valence-electron chi connectivity index (χ3n) is 4.56. The van der Waals surface area contributed by atoms with Crippen LogP contribution in [0.1, 0.15) is 18.9 Å². The van der Waals surface area contributed by atoms with Gasteiger partial charge in [0.15, 0.2) is 17.4 Å². The minimum Gasteiger partial charge on any atom is -0.423 e. The predicted octanol–water partition coefficient (Wildman–Crippen LogP) is 8.00. The van der Waals surface area contributed by atoms with Gasteiger partial charge in [-0.15, -0.1) is 0 Å². The summed E-state index contributed by atoms with van der Waals surface area (Å²) in [5.41, 5.74) is 3.63. The van der Waals surface area contributed by atoms with Gasteiger partial charge in [0.05, 0.1) is 6.08 Å². The molecule has 0 spiro atoms. The molecule has 0 N–H and O–H groups in total. The van der Waals surface area contributed by atoms with Gasteiger partial charge in [-0.1, -0.05) is 61.9 Å². The standard InChI is InChI=1S/C24H18F6O/c1-2-3-15-4-6-16(7-5-15)17-8-10-18(11-9-17)19-12-20(25)23(21(26)13-19)31-24(29,30)14-22(27)28/h4-14H,2-3H2,1H3. The summed E-state index contributed by atoms with van der Waals surface area (Å²) in [5.74, 6) is -4.30. The molecule has 0 atom stereocenters. The summed E-state index contributed by atoms with van der Waals surface area (Å²) < 4.78 is 82.9. The lowest BCUT2D eigenvalue weighted by atomic mass is 9.99. The lowest BCUT2D eigenvalue weighted by Gasteiger charge is -2.16. The Morgan fingerprint density at radius 1 is 0.806 bits per heavy atom. The van der Waals surface area contributed by atoms with Gasteiger partial charge < -0.3 is 4.74 Å². The number of rotatable bonds is 7. The molecule has 3 rings (SSSR count). The van der Waals surface area contributed by atoms with E-state index in [-0.39, 0.29) is 5.56 Å². The zero-order valence-electron chi connectivity index (χ0n) is 16.4. The highest BCUT2D eigenvalue weighted by Gasteiger charge is 2.33. The Morgan fingerprint density at radius 2 is 1.26 bits per heavy atom. The van der Waals surface area contributed by atoms with Crippen molar-refractivity contribution in [3.8, 4) is 28.0 Å². The molecular weight excluding hydrogens is 418 g/mol. The van der Waals surface area contributed by atoms with Crippen LogP contribution in [0, 0.1) is 11.6 Å². The molecule has 3 aromatic rings. The van der Waals surface area contributed by atoms with Gasteiger partial charge in [-0.05, 0) is 46.4 Å². The third kappa shape index (κ3) is 5.69. The van der Waals surface area contributed by atoms with E-state index < -0.39 is 35.6 Å². The van der Waals surface area contributed by atoms with Crippen molar-refractivity contribution >= 4 is 0 Å². The average molecular weight is 436 g/mol. The highest BCUT2D eigenvalue weighted by Crippen LogP contribution is 2.34. The summed E-state index contributed by atoms with van der Waals surface area (Å²) in [4.78, 5) is 0. The minimum atomic E-state index is -4.56. The molecule has 0 amide bonds. The molecule has 0 aliphatic heterocycles. The van der Waals surface area contributed by atoms with Gasteiger partial charge in [0.25, 0.3) is 6.08 Å². The fraction of sp³-hybridized carbons (Fsp3) is 0.167. The van der Waals surface area contributed by atoms with Crippen molar-refractivity contribution in [3.05, 3.63) is 90.0 Å². The van der Waals surface area contributed by atoms with Crippen LogP contribution in [0.5, 0.6) is 5.75 Å². The smallest absolute Gasteiger partial charge is 0.423 e. The van der Waals surface area contributed by atoms with E-state index in [1.165, 1.54) is 5.56 Å². The van der Waals surface area contributed by atoms with Crippen LogP contribution in [0.25, 0.3) is 22.3 Å². The highest BCUT2D eigenvalue weighted by atomic mass is 19.3. The van der Waals surface area contributed by atoms with Gasteiger partial charge in [-0.3, -0.25) is 0 Å². The van der Waals surface area contributed by atoms with Gasteiger partial charge in [0.2, 0.25) is 0 Å². The maximum absolute atomic E-state index is 14.2. The molecule has 1 nitrogen and oxygen atoms in total. The maximum Gasteiger partial charge on any atom is 0.425 e. The second-order valence-electron chi connectivity index (χ2n) is 6.89. The molecule has 0 radical (unpaired) electrons. The number of benzene rings is 3. The summed E-state index contributed by atoms with van der Waals surface area (Å²) in [7, 11) is 0. The Balaban J connectivity index is 1.84. The highest BCUT2D eigenvalue weighted by molar-refractivity contribution is 5.71. The maximum atomic E-state index is 14.2. The van der Waals surface area contributed by atoms with Crippen molar-refractivity contribution in [2.75, 3.05) is 0 Å². The van der Waals surface area contributed by atoms with E-state index in [1.807, 2.05) is 24.3 Å². The second kappa shape index (κ2) is 9.29. The fourth-order valence-electron chi connectivity index (χ4n) is 3.12. The van der Waals surface area contributed by atoms with Crippen molar-refractivity contribution in [3.63, 3.8) is 0 Å². The van der Waals surface area contributed by atoms with E-state index in [4.69, 9.17) is 0 Å². The first kappa shape index (κ1) is 22.5. The minimum absolute atomic E-state index is 0.0859. The Hall–Kier alpha value is -3.22. The van der Waals surface area contributed by atoms with Crippen LogP contribution in [0.4, 0.5) is 26.3 Å². The Labute approximate surface area is 175 Å². The second-order valence-corrected chi connectivity index (χ2v) is 6.89. The van der Waals surface area contributed by atoms with E-state index in [1.54, 1.807) is 24.3 Å². The number of ether oxygens (including phenoxy) is 1. The quantitative estimate of drug-likeness (QED) is 0.341. The summed E-state index contributed by atoms with van der Waals surface area (Å²) in [5, 5.41) is 0. The molecule has 0 saturated heterocycles. The summed E-state index contributed by atoms with van der Waals surface area (Å²) in [6.45, 7) is 2.10. The van der Waals surface area contributed by atoms with Crippen LogP contribution in [-0.2, 0) is 6.42 Å². The molecule has 0 unspecified atom stereocenters. The van der Waals surface area contributed by atoms with Crippen LogP contribution >= 0.6 is 0 Å². The zero-order chi connectivity index (χ0) is 22.6. The van der Waals surface area contributed by atoms with Gasteiger partial charge in [-0.25, -0.2) is 8.78 Å². The predicted molar refractivity (Wildman–Crippen MR) is 107 cm³/mol. The Bertz CT molecular complexity index is 1050. The lowest BCUT2D eigenvalue weighted by Crippen LogP contribution is -2.23. The molecule has 0 bridgehead atoms. The van der Waals surface area contributed by atoms with Crippen molar-refractivity contribution in [1.29, 1.82) is 0 Å². The molecule has 7 heteroatoms. The molecule has 3 aromatic carbocycles. The van der Waals surface area contributed by atoms with Crippen molar-refractivity contribution in [2.45, 2.75) is 25.9 Å². The van der Waals surface area contributed by atoms with Crippen molar-refractivity contribution in [1.82, 2.24) is 0 Å².